The van der Waals surface area contributed by atoms with Crippen LogP contribution in [0.25, 0.3) is 16.8 Å². The van der Waals surface area contributed by atoms with Crippen molar-refractivity contribution in [3.63, 3.8) is 0 Å². The zero-order valence-corrected chi connectivity index (χ0v) is 13.7. The molecule has 1 unspecified atom stereocenters. The van der Waals surface area contributed by atoms with Gasteiger partial charge in [0.15, 0.2) is 5.82 Å². The minimum Gasteiger partial charge on any atom is -0.385 e. The van der Waals surface area contributed by atoms with E-state index in [2.05, 4.69) is 20.1 Å². The lowest BCUT2D eigenvalue weighted by Gasteiger charge is -2.17. The summed E-state index contributed by atoms with van der Waals surface area (Å²) < 4.78 is 28.6. The zero-order chi connectivity index (χ0) is 18.6. The number of β-amino-alcohol motifs (C(OH)–C–C–N with tert-alkyl or cyclic N) is 1. The van der Waals surface area contributed by atoms with Crippen LogP contribution in [-0.2, 0) is 0 Å². The van der Waals surface area contributed by atoms with E-state index >= 15 is 0 Å². The lowest BCUT2D eigenvalue weighted by atomic mass is 10.2. The molecule has 1 aliphatic rings. The molecule has 0 amide bonds. The number of hydrogen-bond donors (Lipinski definition) is 3. The number of aliphatic hydroxyl groups excluding tert-OH is 1. The second kappa shape index (κ2) is 5.61. The molecular formula is C14H11ClF2N6O3. The van der Waals surface area contributed by atoms with Crippen LogP contribution in [0.15, 0.2) is 28.0 Å². The molecule has 3 N–H and O–H groups in total. The van der Waals surface area contributed by atoms with Crippen LogP contribution in [0.3, 0.4) is 0 Å². The van der Waals surface area contributed by atoms with Crippen LogP contribution in [-0.4, -0.2) is 54.8 Å². The average Bonchev–Trinajstić information content (AvgIpc) is 3.10. The number of aliphatic hydroxyl groups is 1. The quantitative estimate of drug-likeness (QED) is 0.582. The van der Waals surface area contributed by atoms with E-state index in [0.717, 1.165) is 0 Å². The van der Waals surface area contributed by atoms with Gasteiger partial charge in [0.2, 0.25) is 0 Å². The van der Waals surface area contributed by atoms with Crippen LogP contribution in [0.4, 0.5) is 14.6 Å². The van der Waals surface area contributed by atoms with Crippen molar-refractivity contribution in [2.45, 2.75) is 12.0 Å². The molecule has 0 aliphatic carbocycles. The van der Waals surface area contributed by atoms with E-state index in [-0.39, 0.29) is 34.3 Å². The number of aromatic amines is 2. The fourth-order valence-corrected chi connectivity index (χ4v) is 3.02. The number of fused-ring (bicyclic) bond motifs is 1. The molecule has 1 fully saturated rings. The van der Waals surface area contributed by atoms with E-state index in [1.165, 1.54) is 27.9 Å². The van der Waals surface area contributed by atoms with Crippen molar-refractivity contribution in [2.24, 2.45) is 0 Å². The summed E-state index contributed by atoms with van der Waals surface area (Å²) in [4.78, 5) is 32.8. The van der Waals surface area contributed by atoms with E-state index in [1.54, 1.807) is 0 Å². The Labute approximate surface area is 147 Å². The second-order valence-corrected chi connectivity index (χ2v) is 6.26. The van der Waals surface area contributed by atoms with Crippen LogP contribution in [0.5, 0.6) is 0 Å². The summed E-state index contributed by atoms with van der Waals surface area (Å²) in [5.41, 5.74) is -0.808. The number of nitrogens with one attached hydrogen (secondary N) is 2. The molecular weight excluding hydrogens is 374 g/mol. The van der Waals surface area contributed by atoms with Gasteiger partial charge < -0.3 is 15.0 Å². The molecule has 1 saturated heterocycles. The van der Waals surface area contributed by atoms with E-state index in [1.807, 2.05) is 0 Å². The highest BCUT2D eigenvalue weighted by Gasteiger charge is 2.48. The van der Waals surface area contributed by atoms with E-state index in [4.69, 9.17) is 11.6 Å². The Morgan fingerprint density at radius 2 is 2.15 bits per heavy atom. The number of H-pyrrole nitrogens is 2. The summed E-state index contributed by atoms with van der Waals surface area (Å²) in [5, 5.41) is 13.8. The molecule has 3 aromatic rings. The number of aromatic nitrogens is 5. The number of halogens is 3. The Balaban J connectivity index is 1.87. The first-order chi connectivity index (χ1) is 12.3. The number of nitrogens with zero attached hydrogens (tertiary/aromatic N) is 4. The second-order valence-electron chi connectivity index (χ2n) is 5.87. The van der Waals surface area contributed by atoms with Crippen molar-refractivity contribution in [1.82, 2.24) is 24.6 Å². The first-order valence-corrected chi connectivity index (χ1v) is 7.81. The molecule has 0 spiro atoms. The molecule has 0 bridgehead atoms. The highest BCUT2D eigenvalue weighted by atomic mass is 35.5. The Morgan fingerprint density at radius 1 is 1.38 bits per heavy atom. The summed E-state index contributed by atoms with van der Waals surface area (Å²) in [6, 6.07) is 1.44. The third kappa shape index (κ3) is 2.56. The lowest BCUT2D eigenvalue weighted by molar-refractivity contribution is -0.0712. The van der Waals surface area contributed by atoms with Gasteiger partial charge in [0.05, 0.1) is 24.8 Å². The van der Waals surface area contributed by atoms with Crippen LogP contribution in [0.1, 0.15) is 0 Å². The Morgan fingerprint density at radius 3 is 2.81 bits per heavy atom. The molecule has 9 nitrogen and oxygen atoms in total. The van der Waals surface area contributed by atoms with Crippen LogP contribution >= 0.6 is 11.6 Å². The van der Waals surface area contributed by atoms with Gasteiger partial charge in [-0.1, -0.05) is 11.6 Å². The smallest absolute Gasteiger partial charge is 0.325 e. The summed E-state index contributed by atoms with van der Waals surface area (Å²) in [7, 11) is 0. The molecule has 4 heterocycles. The molecule has 0 aromatic carbocycles. The molecule has 12 heteroatoms. The van der Waals surface area contributed by atoms with Gasteiger partial charge in [-0.05, 0) is 6.07 Å². The van der Waals surface area contributed by atoms with Gasteiger partial charge in [-0.2, -0.15) is 5.10 Å². The zero-order valence-electron chi connectivity index (χ0n) is 12.9. The molecule has 0 saturated carbocycles. The van der Waals surface area contributed by atoms with Crippen molar-refractivity contribution in [3.8, 4) is 11.3 Å². The highest BCUT2D eigenvalue weighted by molar-refractivity contribution is 6.29. The van der Waals surface area contributed by atoms with Crippen LogP contribution < -0.4 is 16.1 Å². The molecule has 136 valence electrons. The van der Waals surface area contributed by atoms with E-state index in [0.29, 0.717) is 0 Å². The lowest BCUT2D eigenvalue weighted by Crippen LogP contribution is -2.31. The number of alkyl halides is 2. The van der Waals surface area contributed by atoms with E-state index < -0.39 is 29.8 Å². The van der Waals surface area contributed by atoms with Gasteiger partial charge in [-0.25, -0.2) is 23.1 Å². The minimum atomic E-state index is -3.27. The Bertz CT molecular complexity index is 1120. The number of anilines is 1. The normalized spacial score (nSPS) is 19.4. The Kier molecular flexibility index (Phi) is 3.59. The van der Waals surface area contributed by atoms with Crippen LogP contribution in [0.2, 0.25) is 5.15 Å². The van der Waals surface area contributed by atoms with Gasteiger partial charge in [-0.3, -0.25) is 9.78 Å². The maximum atomic E-state index is 13.7. The first-order valence-electron chi connectivity index (χ1n) is 7.44. The minimum absolute atomic E-state index is 0.0714. The fraction of sp³-hybridized carbons (Fsp3) is 0.286. The number of rotatable bonds is 2. The topological polar surface area (TPSA) is 119 Å². The summed E-state index contributed by atoms with van der Waals surface area (Å²) in [6.07, 6.45) is 0.614. The fourth-order valence-electron chi connectivity index (χ4n) is 2.84. The van der Waals surface area contributed by atoms with Crippen LogP contribution in [0, 0.1) is 0 Å². The monoisotopic (exact) mass is 384 g/mol. The van der Waals surface area contributed by atoms with Gasteiger partial charge in [-0.15, -0.1) is 0 Å². The van der Waals surface area contributed by atoms with Crippen molar-refractivity contribution in [2.75, 3.05) is 18.0 Å². The average molecular weight is 385 g/mol. The van der Waals surface area contributed by atoms with Gasteiger partial charge in [0.1, 0.15) is 22.5 Å². The highest BCUT2D eigenvalue weighted by Crippen LogP contribution is 2.33. The molecule has 0 radical (unpaired) electrons. The van der Waals surface area contributed by atoms with Crippen molar-refractivity contribution < 1.29 is 13.9 Å². The molecule has 26 heavy (non-hydrogen) atoms. The molecule has 3 aromatic heterocycles. The first kappa shape index (κ1) is 16.7. The third-order valence-corrected chi connectivity index (χ3v) is 4.37. The van der Waals surface area contributed by atoms with Crippen molar-refractivity contribution in [1.29, 1.82) is 0 Å². The summed E-state index contributed by atoms with van der Waals surface area (Å²) in [5.74, 6) is -3.12. The van der Waals surface area contributed by atoms with Crippen molar-refractivity contribution >= 4 is 22.9 Å². The van der Waals surface area contributed by atoms with E-state index in [9.17, 15) is 23.5 Å². The molecule has 1 aliphatic heterocycles. The Hall–Kier alpha value is -2.79. The maximum Gasteiger partial charge on any atom is 0.325 e. The van der Waals surface area contributed by atoms with Crippen molar-refractivity contribution in [3.05, 3.63) is 44.5 Å². The maximum absolute atomic E-state index is 13.7. The standard InChI is InChI=1S/C14H11ClF2N6O3/c15-10-3-18-11(22-4-9(24)14(16,17)5-22)8-1-7(21-23(8)10)6-2-19-13(26)20-12(6)25/h1-3,9,24H,4-5H2,(H2,19,20,25,26). The molecule has 4 rings (SSSR count). The molecule has 1 atom stereocenters. The SMILES string of the molecule is O=c1[nH]cc(-c2cc3c(N4CC(O)C(F)(F)C4)ncc(Cl)n3n2)c(=O)[nH]1. The predicted molar refractivity (Wildman–Crippen MR) is 87.8 cm³/mol. The predicted octanol–water partition coefficient (Wildman–Crippen LogP) is 0.243. The summed E-state index contributed by atoms with van der Waals surface area (Å²) >= 11 is 6.06. The number of hydrogen-bond acceptors (Lipinski definition) is 6. The van der Waals surface area contributed by atoms with Gasteiger partial charge >= 0.3 is 5.69 Å². The summed E-state index contributed by atoms with van der Waals surface area (Å²) in [6.45, 7) is -1.02. The van der Waals surface area contributed by atoms with Gasteiger partial charge in [0.25, 0.3) is 11.5 Å². The van der Waals surface area contributed by atoms with Gasteiger partial charge in [0, 0.05) is 6.20 Å². The largest absolute Gasteiger partial charge is 0.385 e. The third-order valence-electron chi connectivity index (χ3n) is 4.11.